The molecule has 2 heterocycles. The Kier molecular flexibility index (Phi) is 2.39. The number of thiazole rings is 2. The average molecular weight is 211 g/mol. The van der Waals surface area contributed by atoms with Crippen molar-refractivity contribution in [1.29, 1.82) is 0 Å². The highest BCUT2D eigenvalue weighted by atomic mass is 32.1. The first-order valence-corrected chi connectivity index (χ1v) is 5.62. The van der Waals surface area contributed by atoms with Crippen molar-refractivity contribution >= 4 is 22.7 Å². The molecular formula is C8H9N3S2. The molecule has 0 amide bonds. The van der Waals surface area contributed by atoms with E-state index in [1.165, 1.54) is 0 Å². The predicted molar refractivity (Wildman–Crippen MR) is 55.9 cm³/mol. The fourth-order valence-electron chi connectivity index (χ4n) is 1.05. The van der Waals surface area contributed by atoms with Gasteiger partial charge in [-0.1, -0.05) is 0 Å². The van der Waals surface area contributed by atoms with Crippen LogP contribution in [-0.2, 0) is 6.54 Å². The quantitative estimate of drug-likeness (QED) is 0.827. The molecule has 0 atom stereocenters. The Hall–Kier alpha value is -0.780. The topological polar surface area (TPSA) is 51.8 Å². The van der Waals surface area contributed by atoms with E-state index in [1.54, 1.807) is 22.7 Å². The van der Waals surface area contributed by atoms with Crippen molar-refractivity contribution in [2.24, 2.45) is 5.73 Å². The first kappa shape index (κ1) is 8.80. The zero-order valence-electron chi connectivity index (χ0n) is 7.15. The van der Waals surface area contributed by atoms with Crippen LogP contribution in [0.1, 0.15) is 10.6 Å². The van der Waals surface area contributed by atoms with E-state index >= 15 is 0 Å². The smallest absolute Gasteiger partial charge is 0.143 e. The molecule has 0 saturated heterocycles. The molecule has 0 radical (unpaired) electrons. The molecule has 0 aliphatic rings. The SMILES string of the molecule is Cc1nc(-c2cscn2)sc1CN. The van der Waals surface area contributed by atoms with Crippen molar-refractivity contribution in [3.05, 3.63) is 21.5 Å². The fourth-order valence-corrected chi connectivity index (χ4v) is 2.57. The molecular weight excluding hydrogens is 202 g/mol. The number of nitrogens with two attached hydrogens (primary N) is 1. The van der Waals surface area contributed by atoms with E-state index in [4.69, 9.17) is 5.73 Å². The van der Waals surface area contributed by atoms with Crippen LogP contribution in [-0.4, -0.2) is 9.97 Å². The van der Waals surface area contributed by atoms with Gasteiger partial charge in [-0.15, -0.1) is 22.7 Å². The summed E-state index contributed by atoms with van der Waals surface area (Å²) in [5.74, 6) is 0. The molecule has 2 aromatic heterocycles. The van der Waals surface area contributed by atoms with Crippen molar-refractivity contribution in [2.45, 2.75) is 13.5 Å². The molecule has 68 valence electrons. The average Bonchev–Trinajstić information content (AvgIpc) is 2.71. The van der Waals surface area contributed by atoms with Crippen molar-refractivity contribution in [1.82, 2.24) is 9.97 Å². The fraction of sp³-hybridized carbons (Fsp3) is 0.250. The third kappa shape index (κ3) is 1.63. The number of nitrogens with zero attached hydrogens (tertiary/aromatic N) is 2. The van der Waals surface area contributed by atoms with Crippen molar-refractivity contribution in [3.8, 4) is 10.7 Å². The minimum Gasteiger partial charge on any atom is -0.326 e. The summed E-state index contributed by atoms with van der Waals surface area (Å²) >= 11 is 3.21. The van der Waals surface area contributed by atoms with Gasteiger partial charge in [-0.3, -0.25) is 0 Å². The Morgan fingerprint density at radius 3 is 2.92 bits per heavy atom. The van der Waals surface area contributed by atoms with E-state index in [9.17, 15) is 0 Å². The molecule has 13 heavy (non-hydrogen) atoms. The van der Waals surface area contributed by atoms with Gasteiger partial charge in [0.1, 0.15) is 10.7 Å². The molecule has 0 unspecified atom stereocenters. The lowest BCUT2D eigenvalue weighted by Crippen LogP contribution is -1.94. The van der Waals surface area contributed by atoms with Crippen LogP contribution in [0.25, 0.3) is 10.7 Å². The molecule has 0 aromatic carbocycles. The summed E-state index contributed by atoms with van der Waals surface area (Å²) in [5.41, 5.74) is 9.36. The van der Waals surface area contributed by atoms with Gasteiger partial charge in [-0.25, -0.2) is 9.97 Å². The van der Waals surface area contributed by atoms with E-state index in [1.807, 2.05) is 17.8 Å². The van der Waals surface area contributed by atoms with Gasteiger partial charge in [0.25, 0.3) is 0 Å². The second-order valence-electron chi connectivity index (χ2n) is 2.61. The van der Waals surface area contributed by atoms with E-state index in [0.717, 1.165) is 21.3 Å². The third-order valence-electron chi connectivity index (χ3n) is 1.73. The lowest BCUT2D eigenvalue weighted by molar-refractivity contribution is 1.06. The lowest BCUT2D eigenvalue weighted by Gasteiger charge is -1.86. The van der Waals surface area contributed by atoms with Crippen LogP contribution in [0.2, 0.25) is 0 Å². The zero-order valence-corrected chi connectivity index (χ0v) is 8.78. The van der Waals surface area contributed by atoms with Gasteiger partial charge in [-0.2, -0.15) is 0 Å². The molecule has 0 spiro atoms. The highest BCUT2D eigenvalue weighted by molar-refractivity contribution is 7.15. The summed E-state index contributed by atoms with van der Waals surface area (Å²) < 4.78 is 0. The van der Waals surface area contributed by atoms with Crippen LogP contribution in [0.5, 0.6) is 0 Å². The minimum atomic E-state index is 0.563. The Morgan fingerprint density at radius 2 is 2.38 bits per heavy atom. The Morgan fingerprint density at radius 1 is 1.54 bits per heavy atom. The lowest BCUT2D eigenvalue weighted by atomic mass is 10.4. The van der Waals surface area contributed by atoms with E-state index < -0.39 is 0 Å². The van der Waals surface area contributed by atoms with Gasteiger partial charge in [0.05, 0.1) is 11.2 Å². The minimum absolute atomic E-state index is 0.563. The molecule has 0 aliphatic carbocycles. The van der Waals surface area contributed by atoms with Crippen LogP contribution in [0.3, 0.4) is 0 Å². The molecule has 2 rings (SSSR count). The summed E-state index contributed by atoms with van der Waals surface area (Å²) in [4.78, 5) is 9.75. The number of hydrogen-bond acceptors (Lipinski definition) is 5. The van der Waals surface area contributed by atoms with Gasteiger partial charge in [-0.05, 0) is 6.92 Å². The monoisotopic (exact) mass is 211 g/mol. The first-order valence-electron chi connectivity index (χ1n) is 3.86. The standard InChI is InChI=1S/C8H9N3S2/c1-5-7(2-9)13-8(11-5)6-3-12-4-10-6/h3-4H,2,9H2,1H3. The number of rotatable bonds is 2. The Labute approximate surface area is 84.3 Å². The summed E-state index contributed by atoms with van der Waals surface area (Å²) in [7, 11) is 0. The number of aryl methyl sites for hydroxylation is 1. The number of aromatic nitrogens is 2. The van der Waals surface area contributed by atoms with Crippen molar-refractivity contribution in [2.75, 3.05) is 0 Å². The second-order valence-corrected chi connectivity index (χ2v) is 4.41. The Balaban J connectivity index is 2.43. The zero-order chi connectivity index (χ0) is 9.26. The molecule has 5 heteroatoms. The maximum atomic E-state index is 5.57. The van der Waals surface area contributed by atoms with E-state index in [0.29, 0.717) is 6.54 Å². The second kappa shape index (κ2) is 3.53. The molecule has 0 saturated carbocycles. The summed E-state index contributed by atoms with van der Waals surface area (Å²) in [5, 5.41) is 2.97. The first-order chi connectivity index (χ1) is 6.31. The van der Waals surface area contributed by atoms with Crippen LogP contribution in [0, 0.1) is 6.92 Å². The summed E-state index contributed by atoms with van der Waals surface area (Å²) in [6, 6.07) is 0. The largest absolute Gasteiger partial charge is 0.326 e. The van der Waals surface area contributed by atoms with Crippen molar-refractivity contribution in [3.63, 3.8) is 0 Å². The molecule has 2 aromatic rings. The van der Waals surface area contributed by atoms with Gasteiger partial charge in [0, 0.05) is 16.8 Å². The third-order valence-corrected chi connectivity index (χ3v) is 3.52. The molecule has 2 N–H and O–H groups in total. The highest BCUT2D eigenvalue weighted by Gasteiger charge is 2.08. The maximum absolute atomic E-state index is 5.57. The van der Waals surface area contributed by atoms with Gasteiger partial charge in [0.2, 0.25) is 0 Å². The summed E-state index contributed by atoms with van der Waals surface area (Å²) in [6.45, 7) is 2.54. The normalized spacial score (nSPS) is 10.6. The van der Waals surface area contributed by atoms with E-state index in [-0.39, 0.29) is 0 Å². The van der Waals surface area contributed by atoms with Gasteiger partial charge in [0.15, 0.2) is 0 Å². The van der Waals surface area contributed by atoms with Crippen LogP contribution in [0.4, 0.5) is 0 Å². The van der Waals surface area contributed by atoms with Crippen LogP contribution in [0.15, 0.2) is 10.9 Å². The summed E-state index contributed by atoms with van der Waals surface area (Å²) in [6.07, 6.45) is 0. The molecule has 0 bridgehead atoms. The highest BCUT2D eigenvalue weighted by Crippen LogP contribution is 2.26. The van der Waals surface area contributed by atoms with Crippen LogP contribution < -0.4 is 5.73 Å². The molecule has 0 aliphatic heterocycles. The van der Waals surface area contributed by atoms with Gasteiger partial charge >= 0.3 is 0 Å². The van der Waals surface area contributed by atoms with Gasteiger partial charge < -0.3 is 5.73 Å². The molecule has 3 nitrogen and oxygen atoms in total. The Bertz CT molecular complexity index is 391. The predicted octanol–water partition coefficient (Wildman–Crippen LogP) is 2.03. The maximum Gasteiger partial charge on any atom is 0.143 e. The van der Waals surface area contributed by atoms with Crippen LogP contribution >= 0.6 is 22.7 Å². The molecule has 0 fully saturated rings. The van der Waals surface area contributed by atoms with E-state index in [2.05, 4.69) is 9.97 Å². The van der Waals surface area contributed by atoms with Crippen molar-refractivity contribution < 1.29 is 0 Å². The number of hydrogen-bond donors (Lipinski definition) is 1.